The maximum Gasteiger partial charge on any atom is 0.338 e. The highest BCUT2D eigenvalue weighted by Gasteiger charge is 2.43. The Morgan fingerprint density at radius 2 is 1.53 bits per heavy atom. The number of rotatable bonds is 6. The van der Waals surface area contributed by atoms with Gasteiger partial charge in [0.2, 0.25) is 0 Å². The number of aromatic nitrogens is 2. The molecule has 0 amide bonds. The van der Waals surface area contributed by atoms with E-state index in [1.165, 1.54) is 48.7 Å². The monoisotopic (exact) mass is 504 g/mol. The van der Waals surface area contributed by atoms with Gasteiger partial charge < -0.3 is 19.2 Å². The Kier molecular flexibility index (Phi) is 7.16. The highest BCUT2D eigenvalue weighted by atomic mass is 35.5. The number of aromatic amines is 1. The molecular formula is C23H18Cl2N2O7. The van der Waals surface area contributed by atoms with E-state index in [2.05, 4.69) is 4.98 Å². The van der Waals surface area contributed by atoms with Gasteiger partial charge in [0.15, 0.2) is 6.10 Å². The fraction of sp³-hybridized carbons (Fsp3) is 0.217. The van der Waals surface area contributed by atoms with Gasteiger partial charge in [-0.05, 0) is 48.5 Å². The lowest BCUT2D eigenvalue weighted by atomic mass is 10.1. The van der Waals surface area contributed by atoms with Gasteiger partial charge in [0.25, 0.3) is 5.56 Å². The molecule has 176 valence electrons. The van der Waals surface area contributed by atoms with Crippen molar-refractivity contribution in [3.63, 3.8) is 0 Å². The molecule has 1 saturated heterocycles. The van der Waals surface area contributed by atoms with E-state index in [1.54, 1.807) is 12.1 Å². The first-order valence-electron chi connectivity index (χ1n) is 10.1. The average molecular weight is 505 g/mol. The van der Waals surface area contributed by atoms with Gasteiger partial charge in [-0.1, -0.05) is 23.2 Å². The molecule has 3 atom stereocenters. The molecule has 34 heavy (non-hydrogen) atoms. The number of ether oxygens (including phenoxy) is 3. The van der Waals surface area contributed by atoms with Gasteiger partial charge in [-0.15, -0.1) is 0 Å². The molecule has 3 aromatic rings. The Balaban J connectivity index is 1.57. The van der Waals surface area contributed by atoms with E-state index in [0.29, 0.717) is 10.0 Å². The van der Waals surface area contributed by atoms with E-state index in [1.807, 2.05) is 0 Å². The molecule has 9 nitrogen and oxygen atoms in total. The maximum absolute atomic E-state index is 12.8. The van der Waals surface area contributed by atoms with Crippen molar-refractivity contribution in [2.45, 2.75) is 18.2 Å². The fourth-order valence-electron chi connectivity index (χ4n) is 3.53. The topological polar surface area (TPSA) is 117 Å². The molecule has 1 N–H and O–H groups in total. The number of halogens is 2. The smallest absolute Gasteiger partial charge is 0.338 e. The van der Waals surface area contributed by atoms with Crippen molar-refractivity contribution in [1.82, 2.24) is 9.55 Å². The van der Waals surface area contributed by atoms with Crippen LogP contribution in [-0.4, -0.2) is 46.9 Å². The summed E-state index contributed by atoms with van der Waals surface area (Å²) in [6, 6.07) is 12.3. The van der Waals surface area contributed by atoms with Crippen LogP contribution < -0.4 is 11.2 Å². The van der Waals surface area contributed by atoms with Gasteiger partial charge in [-0.3, -0.25) is 9.36 Å². The number of esters is 2. The number of nitrogens with one attached hydrogen (secondary N) is 1. The Morgan fingerprint density at radius 3 is 2.12 bits per heavy atom. The van der Waals surface area contributed by atoms with Crippen molar-refractivity contribution >= 4 is 35.1 Å². The summed E-state index contributed by atoms with van der Waals surface area (Å²) in [6.45, 7) is -0.398. The normalized spacial score (nSPS) is 19.5. The summed E-state index contributed by atoms with van der Waals surface area (Å²) in [5, 5.41) is 0.902. The highest BCUT2D eigenvalue weighted by Crippen LogP contribution is 2.28. The first kappa shape index (κ1) is 23.7. The quantitative estimate of drug-likeness (QED) is 0.512. The minimum Gasteiger partial charge on any atom is -0.459 e. The van der Waals surface area contributed by atoms with Crippen molar-refractivity contribution in [2.24, 2.45) is 0 Å². The number of hydrogen-bond donors (Lipinski definition) is 1. The van der Waals surface area contributed by atoms with Gasteiger partial charge in [-0.25, -0.2) is 14.4 Å². The van der Waals surface area contributed by atoms with Crippen LogP contribution in [0.1, 0.15) is 26.8 Å². The van der Waals surface area contributed by atoms with Crippen LogP contribution in [0.25, 0.3) is 0 Å². The summed E-state index contributed by atoms with van der Waals surface area (Å²) in [5.41, 5.74) is -0.804. The van der Waals surface area contributed by atoms with E-state index >= 15 is 0 Å². The lowest BCUT2D eigenvalue weighted by Gasteiger charge is -2.23. The first-order valence-corrected chi connectivity index (χ1v) is 10.9. The fourth-order valence-corrected chi connectivity index (χ4v) is 3.78. The van der Waals surface area contributed by atoms with Gasteiger partial charge >= 0.3 is 17.6 Å². The number of benzene rings is 2. The number of H-pyrrole nitrogens is 1. The number of nitrogens with zero attached hydrogens (tertiary/aromatic N) is 1. The Bertz CT molecular complexity index is 1270. The number of hydrogen-bond acceptors (Lipinski definition) is 7. The lowest BCUT2D eigenvalue weighted by molar-refractivity contribution is -0.0310. The van der Waals surface area contributed by atoms with Crippen LogP contribution >= 0.6 is 23.2 Å². The SMILES string of the molecule is O=C(OC[C@H]1OCC(n2c(=O)cc[nH]c2=O)[C@H]1OC(=O)c1ccc(Cl)cc1)c1ccc(Cl)cc1. The minimum atomic E-state index is -1.10. The Morgan fingerprint density at radius 1 is 0.941 bits per heavy atom. The molecule has 1 unspecified atom stereocenters. The third kappa shape index (κ3) is 5.22. The van der Waals surface area contributed by atoms with Gasteiger partial charge in [0.05, 0.1) is 17.7 Å². The summed E-state index contributed by atoms with van der Waals surface area (Å²) in [7, 11) is 0. The van der Waals surface area contributed by atoms with Gasteiger partial charge in [0, 0.05) is 22.3 Å². The van der Waals surface area contributed by atoms with E-state index < -0.39 is 41.4 Å². The third-order valence-electron chi connectivity index (χ3n) is 5.23. The summed E-state index contributed by atoms with van der Waals surface area (Å²) in [5.74, 6) is -1.35. The van der Waals surface area contributed by atoms with E-state index in [9.17, 15) is 19.2 Å². The summed E-state index contributed by atoms with van der Waals surface area (Å²) >= 11 is 11.7. The predicted octanol–water partition coefficient (Wildman–Crippen LogP) is 2.87. The van der Waals surface area contributed by atoms with Crippen molar-refractivity contribution in [3.8, 4) is 0 Å². The van der Waals surface area contributed by atoms with Crippen LogP contribution in [0.15, 0.2) is 70.4 Å². The number of carbonyl (C=O) groups excluding carboxylic acids is 2. The predicted molar refractivity (Wildman–Crippen MR) is 122 cm³/mol. The molecule has 2 heterocycles. The summed E-state index contributed by atoms with van der Waals surface area (Å²) in [4.78, 5) is 52.3. The second kappa shape index (κ2) is 10.3. The van der Waals surface area contributed by atoms with Crippen LogP contribution in [0.3, 0.4) is 0 Å². The van der Waals surface area contributed by atoms with Gasteiger partial charge in [-0.2, -0.15) is 0 Å². The van der Waals surface area contributed by atoms with Crippen molar-refractivity contribution in [2.75, 3.05) is 13.2 Å². The molecule has 1 aliphatic rings. The van der Waals surface area contributed by atoms with Crippen LogP contribution in [0.4, 0.5) is 0 Å². The molecular weight excluding hydrogens is 487 g/mol. The Hall–Kier alpha value is -3.40. The molecule has 1 aliphatic heterocycles. The second-order valence-corrected chi connectivity index (χ2v) is 8.29. The summed E-state index contributed by atoms with van der Waals surface area (Å²) < 4.78 is 17.6. The lowest BCUT2D eigenvalue weighted by Crippen LogP contribution is -2.45. The number of carbonyl (C=O) groups is 2. The molecule has 0 aliphatic carbocycles. The summed E-state index contributed by atoms with van der Waals surface area (Å²) in [6.07, 6.45) is -0.803. The highest BCUT2D eigenvalue weighted by molar-refractivity contribution is 6.31. The van der Waals surface area contributed by atoms with Gasteiger partial charge in [0.1, 0.15) is 18.8 Å². The second-order valence-electron chi connectivity index (χ2n) is 7.41. The zero-order chi connectivity index (χ0) is 24.2. The molecule has 1 fully saturated rings. The van der Waals surface area contributed by atoms with Crippen molar-refractivity contribution < 1.29 is 23.8 Å². The average Bonchev–Trinajstić information content (AvgIpc) is 3.20. The van der Waals surface area contributed by atoms with E-state index in [-0.39, 0.29) is 24.3 Å². The van der Waals surface area contributed by atoms with Crippen LogP contribution in [0, 0.1) is 0 Å². The first-order chi connectivity index (χ1) is 16.3. The third-order valence-corrected chi connectivity index (χ3v) is 5.73. The molecule has 11 heteroatoms. The van der Waals surface area contributed by atoms with E-state index in [0.717, 1.165) is 4.57 Å². The van der Waals surface area contributed by atoms with Crippen molar-refractivity contribution in [3.05, 3.63) is 103 Å². The Labute approximate surface area is 202 Å². The maximum atomic E-state index is 12.8. The zero-order valence-corrected chi connectivity index (χ0v) is 19.0. The standard InChI is InChI=1S/C23H18Cl2N2O7/c24-15-5-1-13(2-6-15)21(29)33-12-18-20(34-22(30)14-3-7-16(25)8-4-14)17(11-32-18)27-19(28)9-10-26-23(27)31/h1-10,17-18,20H,11-12H2,(H,26,31)/t17?,18-,20-/m1/s1. The molecule has 4 rings (SSSR count). The van der Waals surface area contributed by atoms with Crippen molar-refractivity contribution in [1.29, 1.82) is 0 Å². The van der Waals surface area contributed by atoms with Crippen LogP contribution in [0.5, 0.6) is 0 Å². The van der Waals surface area contributed by atoms with Crippen LogP contribution in [0.2, 0.25) is 10.0 Å². The van der Waals surface area contributed by atoms with Crippen LogP contribution in [-0.2, 0) is 14.2 Å². The largest absolute Gasteiger partial charge is 0.459 e. The zero-order valence-electron chi connectivity index (χ0n) is 17.5. The molecule has 0 saturated carbocycles. The minimum absolute atomic E-state index is 0.116. The molecule has 2 aromatic carbocycles. The molecule has 1 aromatic heterocycles. The molecule has 0 radical (unpaired) electrons. The van der Waals surface area contributed by atoms with E-state index in [4.69, 9.17) is 37.4 Å². The molecule has 0 spiro atoms. The molecule has 0 bridgehead atoms.